The fourth-order valence-corrected chi connectivity index (χ4v) is 0.978. The number of rotatable bonds is 5. The molecule has 0 aliphatic rings. The number of hydrogen-bond donors (Lipinski definition) is 0. The van der Waals surface area contributed by atoms with Crippen LogP contribution in [0.25, 0.3) is 0 Å². The monoisotopic (exact) mass is 250 g/mol. The van der Waals surface area contributed by atoms with Gasteiger partial charge in [-0.1, -0.05) is 53.8 Å². The first-order chi connectivity index (χ1) is 4.91. The van der Waals surface area contributed by atoms with Gasteiger partial charge in [0.15, 0.2) is 0 Å². The van der Waals surface area contributed by atoms with E-state index in [0.717, 1.165) is 12.8 Å². The molecule has 0 atom stereocenters. The Hall–Kier alpha value is 0.210. The molecule has 0 nitrogen and oxygen atoms in total. The number of alkyl halides is 1. The van der Waals surface area contributed by atoms with Crippen molar-refractivity contribution in [1.82, 2.24) is 0 Å². The highest BCUT2D eigenvalue weighted by atomic mass is 127. The van der Waals surface area contributed by atoms with Crippen molar-refractivity contribution in [2.24, 2.45) is 0 Å². The van der Waals surface area contributed by atoms with E-state index in [4.69, 9.17) is 0 Å². The molecule has 0 aromatic heterocycles. The second kappa shape index (κ2) is 9.21. The summed E-state index contributed by atoms with van der Waals surface area (Å²) in [5.74, 6) is 0. The molecule has 0 aliphatic heterocycles. The van der Waals surface area contributed by atoms with E-state index in [1.807, 2.05) is 0 Å². The summed E-state index contributed by atoms with van der Waals surface area (Å²) in [7, 11) is 0. The highest BCUT2D eigenvalue weighted by molar-refractivity contribution is 14.1. The summed E-state index contributed by atoms with van der Waals surface area (Å²) in [4.78, 5) is 0. The predicted molar refractivity (Wildman–Crippen MR) is 56.7 cm³/mol. The minimum Gasteiger partial charge on any atom is -0.0885 e. The molecule has 0 rings (SSSR count). The van der Waals surface area contributed by atoms with Crippen molar-refractivity contribution in [1.29, 1.82) is 0 Å². The number of hydrogen-bond acceptors (Lipinski definition) is 0. The average molecular weight is 250 g/mol. The molecule has 1 heteroatoms. The van der Waals surface area contributed by atoms with E-state index in [0.29, 0.717) is 0 Å². The van der Waals surface area contributed by atoms with Crippen LogP contribution in [0.1, 0.15) is 26.2 Å². The molecule has 58 valence electrons. The topological polar surface area (TPSA) is 0 Å². The molecule has 0 amide bonds. The second-order valence-electron chi connectivity index (χ2n) is 2.06. The van der Waals surface area contributed by atoms with Crippen LogP contribution >= 0.6 is 22.6 Å². The first-order valence-electron chi connectivity index (χ1n) is 3.77. The summed E-state index contributed by atoms with van der Waals surface area (Å²) >= 11 is 2.39. The zero-order valence-electron chi connectivity index (χ0n) is 6.52. The summed E-state index contributed by atoms with van der Waals surface area (Å²) in [5.41, 5.74) is 0. The molecule has 0 spiro atoms. The summed E-state index contributed by atoms with van der Waals surface area (Å²) in [6.07, 6.45) is 12.3. The first-order valence-corrected chi connectivity index (χ1v) is 5.30. The Balaban J connectivity index is 3.09. The predicted octanol–water partition coefficient (Wildman–Crippen LogP) is 3.72. The lowest BCUT2D eigenvalue weighted by Gasteiger charge is -1.82. The molecule has 0 heterocycles. The van der Waals surface area contributed by atoms with Crippen LogP contribution < -0.4 is 0 Å². The third-order valence-corrected chi connectivity index (χ3v) is 1.74. The Labute approximate surface area is 77.5 Å². The summed E-state index contributed by atoms with van der Waals surface area (Å²) in [6, 6.07) is 0. The molecule has 0 unspecified atom stereocenters. The first kappa shape index (κ1) is 10.2. The SMILES string of the molecule is CCC=CCC=CCCI. The van der Waals surface area contributed by atoms with E-state index in [2.05, 4.69) is 53.8 Å². The van der Waals surface area contributed by atoms with Crippen molar-refractivity contribution in [3.63, 3.8) is 0 Å². The molecule has 0 radical (unpaired) electrons. The molecule has 0 aromatic carbocycles. The molecule has 0 saturated carbocycles. The Bertz CT molecular complexity index is 103. The van der Waals surface area contributed by atoms with Crippen LogP contribution in [0.2, 0.25) is 0 Å². The lowest BCUT2D eigenvalue weighted by Crippen LogP contribution is -1.65. The van der Waals surface area contributed by atoms with E-state index >= 15 is 0 Å². The molecule has 0 N–H and O–H groups in total. The van der Waals surface area contributed by atoms with Gasteiger partial charge in [0.05, 0.1) is 0 Å². The van der Waals surface area contributed by atoms with Crippen molar-refractivity contribution in [2.45, 2.75) is 26.2 Å². The van der Waals surface area contributed by atoms with Crippen LogP contribution in [-0.2, 0) is 0 Å². The minimum absolute atomic E-state index is 1.10. The van der Waals surface area contributed by atoms with Crippen LogP contribution in [0.15, 0.2) is 24.3 Å². The van der Waals surface area contributed by atoms with E-state index in [1.165, 1.54) is 10.8 Å². The van der Waals surface area contributed by atoms with Crippen LogP contribution in [0.5, 0.6) is 0 Å². The Morgan fingerprint density at radius 2 is 1.80 bits per heavy atom. The number of allylic oxidation sites excluding steroid dienone is 4. The van der Waals surface area contributed by atoms with Gasteiger partial charge in [-0.25, -0.2) is 0 Å². The summed E-state index contributed by atoms with van der Waals surface area (Å²) in [6.45, 7) is 2.16. The second-order valence-corrected chi connectivity index (χ2v) is 3.14. The fourth-order valence-electron chi connectivity index (χ4n) is 0.619. The maximum atomic E-state index is 2.39. The van der Waals surface area contributed by atoms with Crippen molar-refractivity contribution in [2.75, 3.05) is 4.43 Å². The van der Waals surface area contributed by atoms with Crippen LogP contribution in [-0.4, -0.2) is 4.43 Å². The molecular weight excluding hydrogens is 235 g/mol. The van der Waals surface area contributed by atoms with Gasteiger partial charge in [0.2, 0.25) is 0 Å². The maximum absolute atomic E-state index is 2.39. The normalized spacial score (nSPS) is 11.8. The lowest BCUT2D eigenvalue weighted by atomic mass is 10.3. The zero-order chi connectivity index (χ0) is 7.66. The molecule has 0 aromatic rings. The molecule has 0 aliphatic carbocycles. The summed E-state index contributed by atoms with van der Waals surface area (Å²) in [5, 5.41) is 0. The highest BCUT2D eigenvalue weighted by Crippen LogP contribution is 1.93. The van der Waals surface area contributed by atoms with Crippen molar-refractivity contribution < 1.29 is 0 Å². The standard InChI is InChI=1S/C9H15I/c1-2-3-4-5-6-7-8-9-10/h3-4,6-7H,2,5,8-9H2,1H3. The van der Waals surface area contributed by atoms with Gasteiger partial charge in [0, 0.05) is 4.43 Å². The van der Waals surface area contributed by atoms with Gasteiger partial charge >= 0.3 is 0 Å². The molecule has 0 fully saturated rings. The smallest absolute Gasteiger partial charge is 0.00299 e. The van der Waals surface area contributed by atoms with Crippen LogP contribution in [0.3, 0.4) is 0 Å². The van der Waals surface area contributed by atoms with Crippen LogP contribution in [0, 0.1) is 0 Å². The number of halogens is 1. The summed E-state index contributed by atoms with van der Waals surface area (Å²) < 4.78 is 1.23. The van der Waals surface area contributed by atoms with Crippen molar-refractivity contribution in [3.05, 3.63) is 24.3 Å². The van der Waals surface area contributed by atoms with Crippen LogP contribution in [0.4, 0.5) is 0 Å². The van der Waals surface area contributed by atoms with Crippen molar-refractivity contribution >= 4 is 22.6 Å². The van der Waals surface area contributed by atoms with E-state index in [-0.39, 0.29) is 0 Å². The zero-order valence-corrected chi connectivity index (χ0v) is 8.67. The van der Waals surface area contributed by atoms with Gasteiger partial charge in [-0.3, -0.25) is 0 Å². The van der Waals surface area contributed by atoms with Gasteiger partial charge in [0.1, 0.15) is 0 Å². The quantitative estimate of drug-likeness (QED) is 0.396. The molecule has 0 saturated heterocycles. The molecule has 0 bridgehead atoms. The van der Waals surface area contributed by atoms with Gasteiger partial charge in [-0.15, -0.1) is 0 Å². The van der Waals surface area contributed by atoms with Crippen molar-refractivity contribution in [3.8, 4) is 0 Å². The van der Waals surface area contributed by atoms with Gasteiger partial charge in [-0.2, -0.15) is 0 Å². The van der Waals surface area contributed by atoms with Gasteiger partial charge in [-0.05, 0) is 19.3 Å². The lowest BCUT2D eigenvalue weighted by molar-refractivity contribution is 1.19. The Morgan fingerprint density at radius 1 is 1.10 bits per heavy atom. The fraction of sp³-hybridized carbons (Fsp3) is 0.556. The third kappa shape index (κ3) is 8.21. The molecular formula is C9H15I. The van der Waals surface area contributed by atoms with E-state index < -0.39 is 0 Å². The maximum Gasteiger partial charge on any atom is 0.00299 e. The van der Waals surface area contributed by atoms with E-state index in [9.17, 15) is 0 Å². The Morgan fingerprint density at radius 3 is 2.40 bits per heavy atom. The largest absolute Gasteiger partial charge is 0.0885 e. The average Bonchev–Trinajstić information content (AvgIpc) is 1.97. The van der Waals surface area contributed by atoms with Gasteiger partial charge < -0.3 is 0 Å². The molecule has 10 heavy (non-hydrogen) atoms. The van der Waals surface area contributed by atoms with E-state index in [1.54, 1.807) is 0 Å². The minimum atomic E-state index is 1.10. The van der Waals surface area contributed by atoms with Gasteiger partial charge in [0.25, 0.3) is 0 Å². The Kier molecular flexibility index (Phi) is 9.40. The highest BCUT2D eigenvalue weighted by Gasteiger charge is 1.72. The third-order valence-electron chi connectivity index (χ3n) is 1.12.